The Hall–Kier alpha value is -3.31. The lowest BCUT2D eigenvalue weighted by atomic mass is 9.82. The van der Waals surface area contributed by atoms with Crippen molar-refractivity contribution in [1.29, 1.82) is 0 Å². The van der Waals surface area contributed by atoms with Crippen molar-refractivity contribution in [3.05, 3.63) is 96.0 Å². The molecular weight excluding hydrogens is 513 g/mol. The van der Waals surface area contributed by atoms with E-state index in [1.807, 2.05) is 0 Å². The standard InChI is InChI=1S/C26H22F5N3O2S/c1-15(25-18-11-21(12-18)34(25)37(35,36)22-6-4-20(27)5-7-22)32-14-19-10-16(2-8-23(19)28)17-3-9-24(33-13-17)26(29,30)31/h2-10,13,18,21,25,32H,1,11-12,14H2/t18?,21?,25-/m1/s1. The van der Waals surface area contributed by atoms with Gasteiger partial charge in [-0.15, -0.1) is 0 Å². The van der Waals surface area contributed by atoms with E-state index in [0.717, 1.165) is 24.4 Å². The Morgan fingerprint density at radius 2 is 1.70 bits per heavy atom. The number of alkyl halides is 3. The van der Waals surface area contributed by atoms with E-state index in [1.54, 1.807) is 0 Å². The van der Waals surface area contributed by atoms with Crippen molar-refractivity contribution in [3.8, 4) is 11.1 Å². The van der Waals surface area contributed by atoms with Crippen molar-refractivity contribution >= 4 is 10.0 Å². The highest BCUT2D eigenvalue weighted by Crippen LogP contribution is 2.50. The fraction of sp³-hybridized carbons (Fsp3) is 0.269. The zero-order valence-electron chi connectivity index (χ0n) is 19.3. The van der Waals surface area contributed by atoms with Crippen LogP contribution in [0.3, 0.4) is 0 Å². The van der Waals surface area contributed by atoms with Crippen LogP contribution in [0.2, 0.25) is 0 Å². The highest BCUT2D eigenvalue weighted by molar-refractivity contribution is 7.89. The summed E-state index contributed by atoms with van der Waals surface area (Å²) in [7, 11) is -3.90. The minimum Gasteiger partial charge on any atom is -0.383 e. The summed E-state index contributed by atoms with van der Waals surface area (Å²) in [5.74, 6) is -1.01. The van der Waals surface area contributed by atoms with E-state index in [4.69, 9.17) is 0 Å². The van der Waals surface area contributed by atoms with Gasteiger partial charge in [0, 0.05) is 35.6 Å². The maximum absolute atomic E-state index is 14.6. The summed E-state index contributed by atoms with van der Waals surface area (Å²) in [4.78, 5) is 3.44. The van der Waals surface area contributed by atoms with Crippen LogP contribution in [-0.4, -0.2) is 29.8 Å². The zero-order chi connectivity index (χ0) is 26.5. The number of nitrogens with zero attached hydrogens (tertiary/aromatic N) is 2. The fourth-order valence-electron chi connectivity index (χ4n) is 4.98. The lowest BCUT2D eigenvalue weighted by molar-refractivity contribution is -0.141. The average Bonchev–Trinajstić information content (AvgIpc) is 3.41. The van der Waals surface area contributed by atoms with Gasteiger partial charge in [-0.2, -0.15) is 17.5 Å². The molecule has 3 aliphatic rings. The van der Waals surface area contributed by atoms with E-state index in [2.05, 4.69) is 16.9 Å². The van der Waals surface area contributed by atoms with E-state index >= 15 is 0 Å². The van der Waals surface area contributed by atoms with Crippen LogP contribution in [0.15, 0.2) is 78.0 Å². The van der Waals surface area contributed by atoms with Gasteiger partial charge in [0.05, 0.1) is 10.9 Å². The second kappa shape index (κ2) is 9.21. The van der Waals surface area contributed by atoms with Crippen LogP contribution >= 0.6 is 0 Å². The summed E-state index contributed by atoms with van der Waals surface area (Å²) in [6.45, 7) is 4.02. The Morgan fingerprint density at radius 1 is 1.03 bits per heavy atom. The Labute approximate surface area is 210 Å². The van der Waals surface area contributed by atoms with Crippen LogP contribution in [0.5, 0.6) is 0 Å². The normalized spacial score (nSPS) is 21.5. The van der Waals surface area contributed by atoms with Gasteiger partial charge in [0.1, 0.15) is 17.3 Å². The third-order valence-corrected chi connectivity index (χ3v) is 8.86. The molecule has 0 amide bonds. The summed E-state index contributed by atoms with van der Waals surface area (Å²) in [6.07, 6.45) is -2.13. The number of rotatable bonds is 7. The van der Waals surface area contributed by atoms with Crippen molar-refractivity contribution in [1.82, 2.24) is 14.6 Å². The predicted molar refractivity (Wildman–Crippen MR) is 126 cm³/mol. The molecule has 0 spiro atoms. The monoisotopic (exact) mass is 535 g/mol. The largest absolute Gasteiger partial charge is 0.433 e. The van der Waals surface area contributed by atoms with Crippen molar-refractivity contribution in [2.24, 2.45) is 5.92 Å². The lowest BCUT2D eigenvalue weighted by Crippen LogP contribution is -2.40. The van der Waals surface area contributed by atoms with Crippen LogP contribution in [0, 0.1) is 17.6 Å². The molecule has 2 aliphatic heterocycles. The minimum atomic E-state index is -4.56. The molecule has 37 heavy (non-hydrogen) atoms. The second-order valence-corrected chi connectivity index (χ2v) is 11.1. The number of nitrogens with one attached hydrogen (secondary N) is 1. The number of halogens is 5. The molecule has 1 N–H and O–H groups in total. The highest BCUT2D eigenvalue weighted by Gasteiger charge is 2.56. The highest BCUT2D eigenvalue weighted by atomic mass is 32.2. The molecule has 2 bridgehead atoms. The molecule has 1 atom stereocenters. The van der Waals surface area contributed by atoms with Crippen molar-refractivity contribution in [2.45, 2.75) is 42.5 Å². The maximum atomic E-state index is 14.6. The van der Waals surface area contributed by atoms with Crippen molar-refractivity contribution in [2.75, 3.05) is 0 Å². The molecule has 3 heterocycles. The van der Waals surface area contributed by atoms with Gasteiger partial charge in [-0.3, -0.25) is 4.98 Å². The van der Waals surface area contributed by atoms with Gasteiger partial charge >= 0.3 is 6.18 Å². The maximum Gasteiger partial charge on any atom is 0.433 e. The SMILES string of the molecule is C=C(NCc1cc(-c2ccc(C(F)(F)F)nc2)ccc1F)[C@@H]1C2CC(C2)N1S(=O)(=O)c1ccc(F)cc1. The van der Waals surface area contributed by atoms with Gasteiger partial charge in [-0.25, -0.2) is 17.2 Å². The molecule has 11 heteroatoms. The van der Waals surface area contributed by atoms with Gasteiger partial charge in [0.15, 0.2) is 0 Å². The zero-order valence-corrected chi connectivity index (χ0v) is 20.2. The molecular formula is C26H22F5N3O2S. The third kappa shape index (κ3) is 4.73. The first-order valence-electron chi connectivity index (χ1n) is 11.5. The molecule has 1 aromatic heterocycles. The molecule has 1 saturated carbocycles. The number of benzene rings is 2. The summed E-state index contributed by atoms with van der Waals surface area (Å²) in [5.41, 5.74) is 0.495. The number of fused-ring (bicyclic) bond motifs is 1. The number of hydrogen-bond acceptors (Lipinski definition) is 4. The van der Waals surface area contributed by atoms with Crippen molar-refractivity contribution in [3.63, 3.8) is 0 Å². The van der Waals surface area contributed by atoms with Crippen molar-refractivity contribution < 1.29 is 30.4 Å². The number of sulfonamides is 1. The van der Waals surface area contributed by atoms with E-state index in [1.165, 1.54) is 40.7 Å². The number of aromatic nitrogens is 1. The van der Waals surface area contributed by atoms with Gasteiger partial charge < -0.3 is 5.32 Å². The van der Waals surface area contributed by atoms with Crippen LogP contribution in [0.4, 0.5) is 22.0 Å². The topological polar surface area (TPSA) is 62.3 Å². The predicted octanol–water partition coefficient (Wildman–Crippen LogP) is 5.50. The van der Waals surface area contributed by atoms with Crippen LogP contribution in [0.25, 0.3) is 11.1 Å². The summed E-state index contributed by atoms with van der Waals surface area (Å²) in [5, 5.41) is 3.04. The van der Waals surface area contributed by atoms with Gasteiger partial charge in [-0.05, 0) is 66.8 Å². The first-order valence-corrected chi connectivity index (χ1v) is 12.9. The molecule has 1 aliphatic carbocycles. The summed E-state index contributed by atoms with van der Waals surface area (Å²) >= 11 is 0. The van der Waals surface area contributed by atoms with Crippen LogP contribution in [0.1, 0.15) is 24.1 Å². The van der Waals surface area contributed by atoms with Crippen LogP contribution < -0.4 is 5.32 Å². The number of hydrogen-bond donors (Lipinski definition) is 1. The van der Waals surface area contributed by atoms with Gasteiger partial charge in [0.25, 0.3) is 0 Å². The smallest absolute Gasteiger partial charge is 0.383 e. The average molecular weight is 536 g/mol. The molecule has 0 unspecified atom stereocenters. The Bertz CT molecular complexity index is 1430. The van der Waals surface area contributed by atoms with E-state index in [-0.39, 0.29) is 29.0 Å². The van der Waals surface area contributed by atoms with Crippen LogP contribution in [-0.2, 0) is 22.7 Å². The molecule has 3 aromatic rings. The molecule has 6 rings (SSSR count). The number of pyridine rings is 1. The van der Waals surface area contributed by atoms with E-state index in [0.29, 0.717) is 29.7 Å². The molecule has 2 aromatic carbocycles. The molecule has 2 saturated heterocycles. The third-order valence-electron chi connectivity index (χ3n) is 6.92. The van der Waals surface area contributed by atoms with Gasteiger partial charge in [0.2, 0.25) is 10.0 Å². The molecule has 3 fully saturated rings. The Balaban J connectivity index is 1.32. The molecule has 5 nitrogen and oxygen atoms in total. The minimum absolute atomic E-state index is 0.00904. The quantitative estimate of drug-likeness (QED) is 0.406. The lowest BCUT2D eigenvalue weighted by Gasteiger charge is -2.26. The fourth-order valence-corrected chi connectivity index (χ4v) is 6.86. The molecule has 0 radical (unpaired) electrons. The van der Waals surface area contributed by atoms with E-state index < -0.39 is 39.6 Å². The molecule has 194 valence electrons. The summed E-state index contributed by atoms with van der Waals surface area (Å²) < 4.78 is 94.3. The Morgan fingerprint density at radius 3 is 2.32 bits per heavy atom. The first-order chi connectivity index (χ1) is 17.4. The van der Waals surface area contributed by atoms with E-state index in [9.17, 15) is 30.4 Å². The Kier molecular flexibility index (Phi) is 6.31. The van der Waals surface area contributed by atoms with Gasteiger partial charge in [-0.1, -0.05) is 18.7 Å². The summed E-state index contributed by atoms with van der Waals surface area (Å²) in [6, 6.07) is 10.2. The second-order valence-electron chi connectivity index (χ2n) is 9.23. The first kappa shape index (κ1) is 25.3.